The van der Waals surface area contributed by atoms with Gasteiger partial charge < -0.3 is 10.1 Å². The molecule has 140 valence electrons. The van der Waals surface area contributed by atoms with Gasteiger partial charge in [0.05, 0.1) is 18.3 Å². The molecule has 0 aliphatic heterocycles. The summed E-state index contributed by atoms with van der Waals surface area (Å²) < 4.78 is 7.19. The van der Waals surface area contributed by atoms with Gasteiger partial charge in [-0.05, 0) is 35.9 Å². The minimum atomic E-state index is -0.342. The van der Waals surface area contributed by atoms with E-state index in [1.807, 2.05) is 48.8 Å². The van der Waals surface area contributed by atoms with Crippen molar-refractivity contribution in [1.82, 2.24) is 24.9 Å². The van der Waals surface area contributed by atoms with Gasteiger partial charge in [0.2, 0.25) is 0 Å². The number of fused-ring (bicyclic) bond motifs is 1. The Labute approximate surface area is 161 Å². The molecule has 28 heavy (non-hydrogen) atoms. The Morgan fingerprint density at radius 2 is 1.89 bits per heavy atom. The lowest BCUT2D eigenvalue weighted by molar-refractivity contribution is 0.247. The van der Waals surface area contributed by atoms with Crippen LogP contribution in [0.15, 0.2) is 73.4 Å². The van der Waals surface area contributed by atoms with Crippen LogP contribution in [-0.2, 0) is 0 Å². The predicted molar refractivity (Wildman–Crippen MR) is 105 cm³/mol. The Morgan fingerprint density at radius 3 is 2.68 bits per heavy atom. The van der Waals surface area contributed by atoms with E-state index >= 15 is 0 Å². The maximum Gasteiger partial charge on any atom is 0.320 e. The van der Waals surface area contributed by atoms with E-state index in [-0.39, 0.29) is 6.03 Å². The van der Waals surface area contributed by atoms with Crippen LogP contribution < -0.4 is 15.4 Å². The van der Waals surface area contributed by atoms with Gasteiger partial charge in [0.15, 0.2) is 5.82 Å². The molecule has 2 amide bonds. The monoisotopic (exact) mass is 374 g/mol. The number of anilines is 1. The summed E-state index contributed by atoms with van der Waals surface area (Å²) in [6.45, 7) is 0.706. The Kier molecular flexibility index (Phi) is 5.10. The summed E-state index contributed by atoms with van der Waals surface area (Å²) in [6.07, 6.45) is 8.69. The largest absolute Gasteiger partial charge is 0.490 e. The van der Waals surface area contributed by atoms with Crippen LogP contribution in [0.1, 0.15) is 0 Å². The number of amides is 2. The lowest BCUT2D eigenvalue weighted by Gasteiger charge is -2.07. The molecule has 4 aromatic rings. The normalized spacial score (nSPS) is 10.6. The number of pyridine rings is 3. The summed E-state index contributed by atoms with van der Waals surface area (Å²) in [7, 11) is 0. The molecule has 0 radical (unpaired) electrons. The van der Waals surface area contributed by atoms with Crippen molar-refractivity contribution in [2.75, 3.05) is 18.5 Å². The fraction of sp³-hybridized carbons (Fsp3) is 0.100. The fourth-order valence-electron chi connectivity index (χ4n) is 2.70. The second kappa shape index (κ2) is 8.17. The molecule has 0 saturated heterocycles. The minimum Gasteiger partial charge on any atom is -0.490 e. The van der Waals surface area contributed by atoms with E-state index in [2.05, 4.69) is 25.7 Å². The molecule has 0 spiro atoms. The van der Waals surface area contributed by atoms with Crippen molar-refractivity contribution in [2.45, 2.75) is 0 Å². The number of carbonyl (C=O) groups is 1. The van der Waals surface area contributed by atoms with Gasteiger partial charge in [0.25, 0.3) is 0 Å². The molecule has 8 nitrogen and oxygen atoms in total. The molecule has 0 atom stereocenters. The molecule has 4 rings (SSSR count). The van der Waals surface area contributed by atoms with Crippen molar-refractivity contribution in [3.63, 3.8) is 0 Å². The SMILES string of the molecule is O=C(NCCOc1cccnc1)Nc1cc2cc(-c3cccnc3)ccn2n1. The van der Waals surface area contributed by atoms with Crippen molar-refractivity contribution >= 4 is 17.4 Å². The number of hydrogen-bond donors (Lipinski definition) is 2. The molecule has 0 aliphatic rings. The zero-order valence-electron chi connectivity index (χ0n) is 14.9. The number of aromatic nitrogens is 4. The maximum absolute atomic E-state index is 12.0. The van der Waals surface area contributed by atoms with Crippen molar-refractivity contribution in [1.29, 1.82) is 0 Å². The highest BCUT2D eigenvalue weighted by Crippen LogP contribution is 2.21. The Morgan fingerprint density at radius 1 is 1.04 bits per heavy atom. The highest BCUT2D eigenvalue weighted by Gasteiger charge is 2.07. The highest BCUT2D eigenvalue weighted by atomic mass is 16.5. The van der Waals surface area contributed by atoms with Gasteiger partial charge in [0.1, 0.15) is 12.4 Å². The van der Waals surface area contributed by atoms with Crippen LogP contribution in [0.3, 0.4) is 0 Å². The molecule has 4 aromatic heterocycles. The van der Waals surface area contributed by atoms with Gasteiger partial charge in [-0.3, -0.25) is 15.3 Å². The molecule has 4 heterocycles. The van der Waals surface area contributed by atoms with Crippen LogP contribution in [0.5, 0.6) is 5.75 Å². The Bertz CT molecular complexity index is 1070. The summed E-state index contributed by atoms with van der Waals surface area (Å²) in [6, 6.07) is 12.9. The van der Waals surface area contributed by atoms with E-state index in [4.69, 9.17) is 4.74 Å². The first-order chi connectivity index (χ1) is 13.8. The number of ether oxygens (including phenoxy) is 1. The molecule has 0 aromatic carbocycles. The fourth-order valence-corrected chi connectivity index (χ4v) is 2.70. The zero-order valence-corrected chi connectivity index (χ0v) is 14.9. The van der Waals surface area contributed by atoms with E-state index in [1.165, 1.54) is 0 Å². The molecular weight excluding hydrogens is 356 g/mol. The van der Waals surface area contributed by atoms with E-state index < -0.39 is 0 Å². The highest BCUT2D eigenvalue weighted by molar-refractivity contribution is 5.89. The number of nitrogens with zero attached hydrogens (tertiary/aromatic N) is 4. The van der Waals surface area contributed by atoms with Gasteiger partial charge in [-0.25, -0.2) is 9.31 Å². The first kappa shape index (κ1) is 17.5. The van der Waals surface area contributed by atoms with Crippen LogP contribution >= 0.6 is 0 Å². The van der Waals surface area contributed by atoms with Gasteiger partial charge >= 0.3 is 6.03 Å². The number of urea groups is 1. The van der Waals surface area contributed by atoms with Gasteiger partial charge in [0, 0.05) is 36.4 Å². The van der Waals surface area contributed by atoms with Crippen LogP contribution in [0.25, 0.3) is 16.6 Å². The topological polar surface area (TPSA) is 93.4 Å². The predicted octanol–water partition coefficient (Wildman–Crippen LogP) is 2.99. The summed E-state index contributed by atoms with van der Waals surface area (Å²) in [5, 5.41) is 9.81. The van der Waals surface area contributed by atoms with Crippen LogP contribution in [0.4, 0.5) is 10.6 Å². The smallest absolute Gasteiger partial charge is 0.320 e. The van der Waals surface area contributed by atoms with Crippen molar-refractivity contribution in [3.05, 3.63) is 73.4 Å². The van der Waals surface area contributed by atoms with E-state index in [9.17, 15) is 4.79 Å². The Balaban J connectivity index is 1.33. The van der Waals surface area contributed by atoms with E-state index in [1.54, 1.807) is 29.2 Å². The quantitative estimate of drug-likeness (QED) is 0.506. The average molecular weight is 374 g/mol. The lowest BCUT2D eigenvalue weighted by Crippen LogP contribution is -2.32. The van der Waals surface area contributed by atoms with E-state index in [0.717, 1.165) is 16.6 Å². The first-order valence-corrected chi connectivity index (χ1v) is 8.75. The standard InChI is InChI=1S/C20H18N6O2/c27-20(23-8-10-28-18-4-2-7-22-14-18)24-19-12-17-11-15(5-9-26(17)25-19)16-3-1-6-21-13-16/h1-7,9,11-14H,8,10H2,(H2,23,24,25,27). The van der Waals surface area contributed by atoms with Gasteiger partial charge in [-0.2, -0.15) is 0 Å². The summed E-state index contributed by atoms with van der Waals surface area (Å²) in [5.41, 5.74) is 2.92. The second-order valence-electron chi connectivity index (χ2n) is 5.97. The van der Waals surface area contributed by atoms with E-state index in [0.29, 0.717) is 24.7 Å². The molecule has 8 heteroatoms. The molecule has 0 unspecified atom stereocenters. The third-order valence-corrected chi connectivity index (χ3v) is 3.99. The molecule has 0 fully saturated rings. The summed E-state index contributed by atoms with van der Waals surface area (Å²) >= 11 is 0. The van der Waals surface area contributed by atoms with Crippen LogP contribution in [0, 0.1) is 0 Å². The molecular formula is C20H18N6O2. The van der Waals surface area contributed by atoms with Crippen molar-refractivity contribution < 1.29 is 9.53 Å². The first-order valence-electron chi connectivity index (χ1n) is 8.75. The minimum absolute atomic E-state index is 0.342. The molecule has 0 aliphatic carbocycles. The molecule has 2 N–H and O–H groups in total. The van der Waals surface area contributed by atoms with Crippen LogP contribution in [0.2, 0.25) is 0 Å². The lowest BCUT2D eigenvalue weighted by atomic mass is 10.1. The number of hydrogen-bond acceptors (Lipinski definition) is 5. The van der Waals surface area contributed by atoms with Crippen molar-refractivity contribution in [3.8, 4) is 16.9 Å². The summed E-state index contributed by atoms with van der Waals surface area (Å²) in [5.74, 6) is 1.13. The number of rotatable bonds is 6. The van der Waals surface area contributed by atoms with Gasteiger partial charge in [-0.15, -0.1) is 5.10 Å². The Hall–Kier alpha value is -3.94. The summed E-state index contributed by atoms with van der Waals surface area (Å²) in [4.78, 5) is 20.1. The van der Waals surface area contributed by atoms with Crippen LogP contribution in [-0.4, -0.2) is 38.8 Å². The second-order valence-corrected chi connectivity index (χ2v) is 5.97. The van der Waals surface area contributed by atoms with Crippen molar-refractivity contribution in [2.24, 2.45) is 0 Å². The third kappa shape index (κ3) is 4.24. The average Bonchev–Trinajstić information content (AvgIpc) is 3.14. The molecule has 0 bridgehead atoms. The third-order valence-electron chi connectivity index (χ3n) is 3.99. The number of nitrogens with one attached hydrogen (secondary N) is 2. The number of carbonyl (C=O) groups excluding carboxylic acids is 1. The zero-order chi connectivity index (χ0) is 19.2. The van der Waals surface area contributed by atoms with Gasteiger partial charge in [-0.1, -0.05) is 6.07 Å². The molecule has 0 saturated carbocycles. The maximum atomic E-state index is 12.0.